The fourth-order valence-electron chi connectivity index (χ4n) is 4.69. The molecular weight excluding hydrogens is 597 g/mol. The number of sulfone groups is 1. The van der Waals surface area contributed by atoms with Gasteiger partial charge in [-0.25, -0.2) is 8.42 Å². The third-order valence-electron chi connectivity index (χ3n) is 7.36. The van der Waals surface area contributed by atoms with Crippen LogP contribution < -0.4 is 10.1 Å². The zero-order chi connectivity index (χ0) is 30.2. The number of anilines is 1. The van der Waals surface area contributed by atoms with Gasteiger partial charge in [0, 0.05) is 24.1 Å². The fraction of sp³-hybridized carbons (Fsp3) is 0.429. The van der Waals surface area contributed by atoms with E-state index in [1.165, 1.54) is 19.2 Å². The Morgan fingerprint density at radius 2 is 1.67 bits per heavy atom. The number of nitrogens with zero attached hydrogens (tertiary/aromatic N) is 3. The molecule has 2 aliphatic rings. The van der Waals surface area contributed by atoms with E-state index in [0.717, 1.165) is 18.4 Å². The molecule has 42 heavy (non-hydrogen) atoms. The van der Waals surface area contributed by atoms with Crippen LogP contribution in [0.4, 0.5) is 19.1 Å². The van der Waals surface area contributed by atoms with Crippen LogP contribution in [0.1, 0.15) is 53.0 Å². The van der Waals surface area contributed by atoms with Gasteiger partial charge in [-0.1, -0.05) is 48.0 Å². The zero-order valence-corrected chi connectivity index (χ0v) is 24.2. The molecule has 14 heteroatoms. The highest BCUT2D eigenvalue weighted by molar-refractivity contribution is 7.93. The van der Waals surface area contributed by atoms with E-state index in [9.17, 15) is 26.4 Å². The van der Waals surface area contributed by atoms with Crippen LogP contribution in [-0.4, -0.2) is 66.2 Å². The van der Waals surface area contributed by atoms with Gasteiger partial charge in [-0.3, -0.25) is 4.79 Å². The molecule has 3 aromatic rings. The Labute approximate surface area is 245 Å². The molecule has 0 unspecified atom stereocenters. The molecule has 224 valence electrons. The summed E-state index contributed by atoms with van der Waals surface area (Å²) in [6.07, 6.45) is -2.04. The summed E-state index contributed by atoms with van der Waals surface area (Å²) in [4.78, 5) is 25.3. The number of ketones is 1. The summed E-state index contributed by atoms with van der Waals surface area (Å²) in [7, 11) is -2.26. The summed E-state index contributed by atoms with van der Waals surface area (Å²) in [6.45, 7) is -1.51. The van der Waals surface area contributed by atoms with E-state index < -0.39 is 50.5 Å². The number of hydrogen-bond acceptors (Lipinski definition) is 9. The van der Waals surface area contributed by atoms with Crippen molar-refractivity contribution in [3.63, 3.8) is 0 Å². The second-order valence-corrected chi connectivity index (χ2v) is 13.5. The number of methoxy groups -OCH3 is 1. The van der Waals surface area contributed by atoms with E-state index in [-0.39, 0.29) is 30.4 Å². The SMILES string of the molecule is COCC1(S(=O)(=O)CC(=O)c2ccc(Cc3nc(NC4(c5ccc(Cl)cc5)CC4)nc(OCC(F)(F)F)n3)cc2)CC1. The zero-order valence-electron chi connectivity index (χ0n) is 22.6. The van der Waals surface area contributed by atoms with Crippen molar-refractivity contribution in [2.75, 3.05) is 31.4 Å². The highest BCUT2D eigenvalue weighted by Gasteiger charge is 2.54. The number of nitrogens with one attached hydrogen (secondary N) is 1. The Morgan fingerprint density at radius 1 is 1.00 bits per heavy atom. The van der Waals surface area contributed by atoms with E-state index in [4.69, 9.17) is 21.1 Å². The van der Waals surface area contributed by atoms with Gasteiger partial charge in [0.1, 0.15) is 11.6 Å². The number of rotatable bonds is 13. The maximum absolute atomic E-state index is 12.8. The van der Waals surface area contributed by atoms with Gasteiger partial charge in [-0.2, -0.15) is 28.1 Å². The van der Waals surface area contributed by atoms with Crippen molar-refractivity contribution in [2.24, 2.45) is 0 Å². The normalized spacial score (nSPS) is 17.0. The van der Waals surface area contributed by atoms with Crippen molar-refractivity contribution in [3.8, 4) is 6.01 Å². The minimum atomic E-state index is -4.58. The van der Waals surface area contributed by atoms with Gasteiger partial charge in [0.2, 0.25) is 5.95 Å². The predicted molar refractivity (Wildman–Crippen MR) is 149 cm³/mol. The van der Waals surface area contributed by atoms with Gasteiger partial charge in [-0.15, -0.1) is 0 Å². The molecule has 0 radical (unpaired) electrons. The number of hydrogen-bond donors (Lipinski definition) is 1. The molecule has 9 nitrogen and oxygen atoms in total. The maximum atomic E-state index is 12.8. The molecule has 0 amide bonds. The first-order valence-electron chi connectivity index (χ1n) is 13.1. The van der Waals surface area contributed by atoms with Crippen LogP contribution in [0.2, 0.25) is 5.02 Å². The topological polar surface area (TPSA) is 120 Å². The van der Waals surface area contributed by atoms with Crippen LogP contribution >= 0.6 is 11.6 Å². The first-order valence-corrected chi connectivity index (χ1v) is 15.2. The number of halogens is 4. The van der Waals surface area contributed by atoms with Crippen molar-refractivity contribution in [3.05, 3.63) is 76.1 Å². The Balaban J connectivity index is 1.32. The first kappa shape index (κ1) is 30.2. The fourth-order valence-corrected chi connectivity index (χ4v) is 6.65. The second kappa shape index (κ2) is 11.4. The Kier molecular flexibility index (Phi) is 8.20. The van der Waals surface area contributed by atoms with Crippen LogP contribution in [0, 0.1) is 0 Å². The van der Waals surface area contributed by atoms with E-state index in [1.807, 2.05) is 12.1 Å². The van der Waals surface area contributed by atoms with Crippen molar-refractivity contribution < 1.29 is 35.9 Å². The number of aromatic nitrogens is 3. The van der Waals surface area contributed by atoms with Gasteiger partial charge >= 0.3 is 12.2 Å². The third-order valence-corrected chi connectivity index (χ3v) is 10.1. The average Bonchev–Trinajstić information content (AvgIpc) is 3.85. The minimum Gasteiger partial charge on any atom is -0.454 e. The quantitative estimate of drug-likeness (QED) is 0.264. The molecule has 0 bridgehead atoms. The number of carbonyl (C=O) groups excluding carboxylic acids is 1. The Bertz CT molecular complexity index is 1560. The number of Topliss-reactive ketones (excluding diaryl/α,β-unsaturated/α-hetero) is 1. The van der Waals surface area contributed by atoms with Crippen molar-refractivity contribution in [1.29, 1.82) is 0 Å². The van der Waals surface area contributed by atoms with Crippen LogP contribution in [0.5, 0.6) is 6.01 Å². The van der Waals surface area contributed by atoms with E-state index >= 15 is 0 Å². The molecule has 2 fully saturated rings. The standard InChI is InChI=1S/C28H28ClF3N4O5S/c1-40-16-26(10-11-26)42(38,39)15-22(37)19-4-2-18(3-5-19)14-23-33-24(35-25(34-23)41-17-28(30,31)32)36-27(12-13-27)20-6-8-21(29)9-7-20/h2-9H,10-17H2,1H3,(H,33,34,35,36). The van der Waals surface area contributed by atoms with Crippen LogP contribution in [0.15, 0.2) is 48.5 Å². The van der Waals surface area contributed by atoms with E-state index in [1.54, 1.807) is 24.3 Å². The second-order valence-electron chi connectivity index (χ2n) is 10.6. The van der Waals surface area contributed by atoms with Crippen LogP contribution in [0.3, 0.4) is 0 Å². The van der Waals surface area contributed by atoms with Gasteiger partial charge in [0.05, 0.1) is 16.9 Å². The molecule has 0 saturated heterocycles. The first-order chi connectivity index (χ1) is 19.8. The monoisotopic (exact) mass is 624 g/mol. The summed E-state index contributed by atoms with van der Waals surface area (Å²) < 4.78 is 73.0. The lowest BCUT2D eigenvalue weighted by Crippen LogP contribution is -2.33. The summed E-state index contributed by atoms with van der Waals surface area (Å²) >= 11 is 6.01. The van der Waals surface area contributed by atoms with Crippen molar-refractivity contribution >= 4 is 33.2 Å². The number of alkyl halides is 3. The lowest BCUT2D eigenvalue weighted by molar-refractivity contribution is -0.154. The molecule has 2 aromatic carbocycles. The highest BCUT2D eigenvalue weighted by Crippen LogP contribution is 2.48. The van der Waals surface area contributed by atoms with Gasteiger partial charge in [0.15, 0.2) is 22.2 Å². The van der Waals surface area contributed by atoms with Crippen LogP contribution in [0.25, 0.3) is 0 Å². The Morgan fingerprint density at radius 3 is 2.24 bits per heavy atom. The molecule has 2 aliphatic carbocycles. The predicted octanol–water partition coefficient (Wildman–Crippen LogP) is 4.93. The van der Waals surface area contributed by atoms with Gasteiger partial charge in [-0.05, 0) is 48.9 Å². The number of ether oxygens (including phenoxy) is 2. The molecule has 0 aliphatic heterocycles. The molecule has 1 aromatic heterocycles. The summed E-state index contributed by atoms with van der Waals surface area (Å²) in [5.74, 6) is -0.941. The highest BCUT2D eigenvalue weighted by atomic mass is 35.5. The molecule has 0 atom stereocenters. The molecule has 2 saturated carbocycles. The van der Waals surface area contributed by atoms with Gasteiger partial charge < -0.3 is 14.8 Å². The minimum absolute atomic E-state index is 0.0554. The van der Waals surface area contributed by atoms with Gasteiger partial charge in [0.25, 0.3) is 0 Å². The lowest BCUT2D eigenvalue weighted by atomic mass is 10.1. The average molecular weight is 625 g/mol. The number of benzene rings is 2. The maximum Gasteiger partial charge on any atom is 0.422 e. The third kappa shape index (κ3) is 7.01. The summed E-state index contributed by atoms with van der Waals surface area (Å²) in [5.41, 5.74) is 1.31. The van der Waals surface area contributed by atoms with Crippen LogP contribution in [-0.2, 0) is 26.5 Å². The molecule has 0 spiro atoms. The molecule has 5 rings (SSSR count). The molecule has 1 heterocycles. The van der Waals surface area contributed by atoms with Crippen molar-refractivity contribution in [2.45, 2.75) is 48.6 Å². The lowest BCUT2D eigenvalue weighted by Gasteiger charge is -2.19. The Hall–Kier alpha value is -3.29. The number of carbonyl (C=O) groups is 1. The van der Waals surface area contributed by atoms with E-state index in [0.29, 0.717) is 23.4 Å². The molecular formula is C28H28ClF3N4O5S. The summed E-state index contributed by atoms with van der Waals surface area (Å²) in [6, 6.07) is 13.0. The van der Waals surface area contributed by atoms with Crippen molar-refractivity contribution in [1.82, 2.24) is 15.0 Å². The summed E-state index contributed by atoms with van der Waals surface area (Å²) in [5, 5.41) is 3.80. The van der Waals surface area contributed by atoms with E-state index in [2.05, 4.69) is 20.3 Å². The smallest absolute Gasteiger partial charge is 0.422 e. The molecule has 1 N–H and O–H groups in total. The largest absolute Gasteiger partial charge is 0.454 e.